The van der Waals surface area contributed by atoms with Crippen LogP contribution in [0.4, 0.5) is 22.0 Å². The van der Waals surface area contributed by atoms with Crippen molar-refractivity contribution in [2.75, 3.05) is 0 Å². The molecule has 0 amide bonds. The van der Waals surface area contributed by atoms with Gasteiger partial charge in [-0.3, -0.25) is 0 Å². The molecule has 0 fully saturated rings. The molecule has 0 saturated carbocycles. The number of rotatable bonds is 5. The third-order valence-corrected chi connectivity index (χ3v) is 3.68. The van der Waals surface area contributed by atoms with Crippen LogP contribution in [-0.4, -0.2) is 11.0 Å². The average molecular weight is 322 g/mol. The minimum atomic E-state index is -2.14. The molecule has 1 atom stereocenters. The maximum absolute atomic E-state index is 13.5. The zero-order chi connectivity index (χ0) is 15.6. The molecule has 1 aromatic heterocycles. The molecular formula is C13H11F5N2S. The van der Waals surface area contributed by atoms with E-state index in [1.54, 1.807) is 18.5 Å². The van der Waals surface area contributed by atoms with Crippen LogP contribution in [0.2, 0.25) is 0 Å². The molecule has 2 aromatic rings. The zero-order valence-electron chi connectivity index (χ0n) is 10.9. The molecule has 0 spiro atoms. The van der Waals surface area contributed by atoms with Crippen LogP contribution in [0.15, 0.2) is 11.6 Å². The topological polar surface area (TPSA) is 24.9 Å². The second kappa shape index (κ2) is 6.48. The smallest absolute Gasteiger partial charge is 0.200 e. The maximum atomic E-state index is 13.5. The van der Waals surface area contributed by atoms with Crippen LogP contribution >= 0.6 is 11.3 Å². The van der Waals surface area contributed by atoms with Crippen LogP contribution < -0.4 is 5.32 Å². The number of halogens is 5. The van der Waals surface area contributed by atoms with E-state index in [0.29, 0.717) is 6.54 Å². The molecule has 0 aliphatic rings. The highest BCUT2D eigenvalue weighted by Gasteiger charge is 2.26. The van der Waals surface area contributed by atoms with E-state index >= 15 is 0 Å². The molecule has 21 heavy (non-hydrogen) atoms. The predicted molar refractivity (Wildman–Crippen MR) is 68.4 cm³/mol. The van der Waals surface area contributed by atoms with Crippen LogP contribution in [0.1, 0.15) is 17.5 Å². The van der Waals surface area contributed by atoms with E-state index in [9.17, 15) is 22.0 Å². The number of aromatic nitrogens is 1. The lowest BCUT2D eigenvalue weighted by Crippen LogP contribution is -2.28. The average Bonchev–Trinajstić information content (AvgIpc) is 2.99. The van der Waals surface area contributed by atoms with Gasteiger partial charge in [0.1, 0.15) is 5.01 Å². The predicted octanol–water partition coefficient (Wildman–Crippen LogP) is 3.56. The number of thiazole rings is 1. The Kier molecular flexibility index (Phi) is 4.89. The third-order valence-electron chi connectivity index (χ3n) is 2.90. The van der Waals surface area contributed by atoms with Crippen molar-refractivity contribution in [1.29, 1.82) is 0 Å². The highest BCUT2D eigenvalue weighted by Crippen LogP contribution is 2.24. The minimum Gasteiger partial charge on any atom is -0.308 e. The fourth-order valence-electron chi connectivity index (χ4n) is 1.81. The van der Waals surface area contributed by atoms with Crippen molar-refractivity contribution in [2.45, 2.75) is 25.9 Å². The van der Waals surface area contributed by atoms with Gasteiger partial charge in [0, 0.05) is 29.7 Å². The van der Waals surface area contributed by atoms with Gasteiger partial charge in [0.05, 0.1) is 0 Å². The minimum absolute atomic E-state index is 0.322. The van der Waals surface area contributed by atoms with Crippen LogP contribution in [0, 0.1) is 29.1 Å². The summed E-state index contributed by atoms with van der Waals surface area (Å²) in [6, 6.07) is -0.484. The van der Waals surface area contributed by atoms with Crippen LogP contribution in [0.3, 0.4) is 0 Å². The van der Waals surface area contributed by atoms with Crippen molar-refractivity contribution < 1.29 is 22.0 Å². The summed E-state index contributed by atoms with van der Waals surface area (Å²) in [6.07, 6.45) is 1.29. The molecule has 0 radical (unpaired) electrons. The summed E-state index contributed by atoms with van der Waals surface area (Å²) < 4.78 is 66.1. The summed E-state index contributed by atoms with van der Waals surface area (Å²) in [4.78, 5) is 4.01. The Balaban J connectivity index is 2.12. The van der Waals surface area contributed by atoms with Gasteiger partial charge >= 0.3 is 0 Å². The highest BCUT2D eigenvalue weighted by atomic mass is 32.1. The second-order valence-corrected chi connectivity index (χ2v) is 5.44. The van der Waals surface area contributed by atoms with Gasteiger partial charge in [-0.1, -0.05) is 0 Å². The number of nitrogens with one attached hydrogen (secondary N) is 1. The van der Waals surface area contributed by atoms with E-state index < -0.39 is 40.7 Å². The number of benzene rings is 1. The highest BCUT2D eigenvalue weighted by molar-refractivity contribution is 7.09. The normalized spacial score (nSPS) is 12.7. The van der Waals surface area contributed by atoms with Crippen molar-refractivity contribution in [3.63, 3.8) is 0 Å². The SMILES string of the molecule is C[C@@H](Cc1c(F)c(F)c(F)c(F)c1F)NCc1nccs1. The monoisotopic (exact) mass is 322 g/mol. The molecule has 1 heterocycles. The molecule has 0 bridgehead atoms. The maximum Gasteiger partial charge on any atom is 0.200 e. The lowest BCUT2D eigenvalue weighted by Gasteiger charge is -2.15. The van der Waals surface area contributed by atoms with Gasteiger partial charge < -0.3 is 5.32 Å². The molecule has 1 aromatic carbocycles. The molecule has 2 nitrogen and oxygen atoms in total. The number of hydrogen-bond acceptors (Lipinski definition) is 3. The van der Waals surface area contributed by atoms with E-state index in [4.69, 9.17) is 0 Å². The van der Waals surface area contributed by atoms with Gasteiger partial charge in [-0.2, -0.15) is 0 Å². The molecule has 2 rings (SSSR count). The van der Waals surface area contributed by atoms with Crippen molar-refractivity contribution >= 4 is 11.3 Å². The van der Waals surface area contributed by atoms with Gasteiger partial charge in [0.25, 0.3) is 0 Å². The first-order chi connectivity index (χ1) is 9.91. The first-order valence-electron chi connectivity index (χ1n) is 6.03. The van der Waals surface area contributed by atoms with Crippen molar-refractivity contribution in [2.24, 2.45) is 0 Å². The van der Waals surface area contributed by atoms with Gasteiger partial charge in [-0.05, 0) is 13.3 Å². The Bertz CT molecular complexity index is 601. The summed E-state index contributed by atoms with van der Waals surface area (Å²) in [5.74, 6) is -9.55. The molecular weight excluding hydrogens is 311 g/mol. The molecule has 0 aliphatic carbocycles. The van der Waals surface area contributed by atoms with E-state index in [1.807, 2.05) is 0 Å². The largest absolute Gasteiger partial charge is 0.308 e. The van der Waals surface area contributed by atoms with Crippen molar-refractivity contribution in [1.82, 2.24) is 10.3 Å². The molecule has 0 unspecified atom stereocenters. The van der Waals surface area contributed by atoms with Crippen molar-refractivity contribution in [3.8, 4) is 0 Å². The van der Waals surface area contributed by atoms with E-state index in [-0.39, 0.29) is 6.42 Å². The van der Waals surface area contributed by atoms with Crippen LogP contribution in [0.25, 0.3) is 0 Å². The Hall–Kier alpha value is -1.54. The first kappa shape index (κ1) is 15.8. The Labute approximate surface area is 121 Å². The lowest BCUT2D eigenvalue weighted by atomic mass is 10.0. The Morgan fingerprint density at radius 1 is 1.05 bits per heavy atom. The van der Waals surface area contributed by atoms with Crippen molar-refractivity contribution in [3.05, 3.63) is 51.2 Å². The van der Waals surface area contributed by atoms with E-state index in [1.165, 1.54) is 11.3 Å². The quantitative estimate of drug-likeness (QED) is 0.517. The summed E-state index contributed by atoms with van der Waals surface area (Å²) >= 11 is 1.39. The van der Waals surface area contributed by atoms with Gasteiger partial charge in [0.2, 0.25) is 5.82 Å². The third kappa shape index (κ3) is 3.38. The summed E-state index contributed by atoms with van der Waals surface area (Å²) in [7, 11) is 0. The van der Waals surface area contributed by atoms with E-state index in [2.05, 4.69) is 10.3 Å². The van der Waals surface area contributed by atoms with Crippen LogP contribution in [-0.2, 0) is 13.0 Å². The first-order valence-corrected chi connectivity index (χ1v) is 6.91. The lowest BCUT2D eigenvalue weighted by molar-refractivity contribution is 0.365. The second-order valence-electron chi connectivity index (χ2n) is 4.46. The fraction of sp³-hybridized carbons (Fsp3) is 0.308. The Morgan fingerprint density at radius 3 is 2.14 bits per heavy atom. The molecule has 114 valence electrons. The number of nitrogens with zero attached hydrogens (tertiary/aromatic N) is 1. The van der Waals surface area contributed by atoms with E-state index in [0.717, 1.165) is 5.01 Å². The summed E-state index contributed by atoms with van der Waals surface area (Å²) in [5, 5.41) is 5.45. The molecule has 8 heteroatoms. The standard InChI is InChI=1S/C13H11F5N2S/c1-6(20-5-8-19-2-3-21-8)4-7-9(14)11(16)13(18)12(17)10(7)15/h2-3,6,20H,4-5H2,1H3/t6-/m0/s1. The van der Waals surface area contributed by atoms with Crippen LogP contribution in [0.5, 0.6) is 0 Å². The summed E-state index contributed by atoms with van der Waals surface area (Å²) in [6.45, 7) is 1.94. The Morgan fingerprint density at radius 2 is 1.62 bits per heavy atom. The zero-order valence-corrected chi connectivity index (χ0v) is 11.7. The molecule has 1 N–H and O–H groups in total. The van der Waals surface area contributed by atoms with Gasteiger partial charge in [0.15, 0.2) is 23.3 Å². The van der Waals surface area contributed by atoms with Gasteiger partial charge in [-0.15, -0.1) is 11.3 Å². The molecule has 0 saturated heterocycles. The summed E-state index contributed by atoms with van der Waals surface area (Å²) in [5.41, 5.74) is -0.814. The number of hydrogen-bond donors (Lipinski definition) is 1. The molecule has 0 aliphatic heterocycles. The van der Waals surface area contributed by atoms with Gasteiger partial charge in [-0.25, -0.2) is 26.9 Å². The fourth-order valence-corrected chi connectivity index (χ4v) is 2.38.